The van der Waals surface area contributed by atoms with E-state index in [1.165, 1.54) is 0 Å². The molecule has 0 radical (unpaired) electrons. The fourth-order valence-corrected chi connectivity index (χ4v) is 1.11. The van der Waals surface area contributed by atoms with Crippen molar-refractivity contribution in [2.24, 2.45) is 0 Å². The number of amides is 1. The first kappa shape index (κ1) is 11.2. The number of carbonyl (C=O) groups is 1. The Kier molecular flexibility index (Phi) is 3.64. The molecule has 1 amide bonds. The van der Waals surface area contributed by atoms with Gasteiger partial charge in [0.05, 0.1) is 13.7 Å². The van der Waals surface area contributed by atoms with Crippen molar-refractivity contribution in [1.29, 1.82) is 0 Å². The number of aliphatic hydroxyl groups excluding tert-OH is 3. The maximum atomic E-state index is 10.7. The van der Waals surface area contributed by atoms with E-state index in [0.29, 0.717) is 0 Å². The molecule has 0 unspecified atom stereocenters. The number of ether oxygens (including phenoxy) is 2. The molecule has 1 fully saturated rings. The minimum absolute atomic E-state index is 0.160. The summed E-state index contributed by atoms with van der Waals surface area (Å²) in [4.78, 5) is 10.7. The first-order chi connectivity index (χ1) is 6.56. The van der Waals surface area contributed by atoms with Crippen molar-refractivity contribution in [3.8, 4) is 0 Å². The Balaban J connectivity index is 2.50. The van der Waals surface area contributed by atoms with Gasteiger partial charge >= 0.3 is 6.09 Å². The second kappa shape index (κ2) is 4.56. The Morgan fingerprint density at radius 2 is 2.07 bits per heavy atom. The van der Waals surface area contributed by atoms with Gasteiger partial charge in [0, 0.05) is 0 Å². The van der Waals surface area contributed by atoms with Gasteiger partial charge in [-0.2, -0.15) is 0 Å². The molecule has 4 atom stereocenters. The summed E-state index contributed by atoms with van der Waals surface area (Å²) in [6.45, 7) is -0.160. The maximum absolute atomic E-state index is 10.7. The number of alkyl carbamates (subject to hydrolysis) is 1. The SMILES string of the molecule is COC(=O)N[C@@H]1OC[C@H](O)[C@H](O)[C@@H]1O. The number of methoxy groups -OCH3 is 1. The Morgan fingerprint density at radius 3 is 2.64 bits per heavy atom. The van der Waals surface area contributed by atoms with Crippen LogP contribution < -0.4 is 5.32 Å². The summed E-state index contributed by atoms with van der Waals surface area (Å²) in [7, 11) is 1.16. The molecular weight excluding hydrogens is 194 g/mol. The monoisotopic (exact) mass is 207 g/mol. The molecule has 0 aliphatic carbocycles. The topological polar surface area (TPSA) is 108 Å². The van der Waals surface area contributed by atoms with Crippen molar-refractivity contribution >= 4 is 6.09 Å². The van der Waals surface area contributed by atoms with Gasteiger partial charge in [-0.3, -0.25) is 5.32 Å². The molecule has 14 heavy (non-hydrogen) atoms. The first-order valence-corrected chi connectivity index (χ1v) is 4.06. The molecule has 0 aromatic rings. The number of rotatable bonds is 1. The molecule has 0 aromatic carbocycles. The third-order valence-corrected chi connectivity index (χ3v) is 1.95. The number of carbonyl (C=O) groups excluding carboxylic acids is 1. The molecule has 0 bridgehead atoms. The molecule has 4 N–H and O–H groups in total. The van der Waals surface area contributed by atoms with Gasteiger partial charge in [-0.15, -0.1) is 0 Å². The van der Waals surface area contributed by atoms with E-state index in [1.54, 1.807) is 0 Å². The van der Waals surface area contributed by atoms with E-state index in [-0.39, 0.29) is 6.61 Å². The smallest absolute Gasteiger partial charge is 0.408 e. The molecule has 0 aromatic heterocycles. The van der Waals surface area contributed by atoms with Crippen molar-refractivity contribution in [3.63, 3.8) is 0 Å². The summed E-state index contributed by atoms with van der Waals surface area (Å²) in [6.07, 6.45) is -5.72. The van der Waals surface area contributed by atoms with Gasteiger partial charge in [-0.05, 0) is 0 Å². The van der Waals surface area contributed by atoms with E-state index in [1.807, 2.05) is 0 Å². The Hall–Kier alpha value is -0.890. The highest BCUT2D eigenvalue weighted by atomic mass is 16.6. The average molecular weight is 207 g/mol. The number of hydrogen-bond acceptors (Lipinski definition) is 6. The van der Waals surface area contributed by atoms with Crippen LogP contribution in [0.15, 0.2) is 0 Å². The number of hydrogen-bond donors (Lipinski definition) is 4. The highest BCUT2D eigenvalue weighted by molar-refractivity contribution is 5.67. The van der Waals surface area contributed by atoms with Crippen LogP contribution in [0.5, 0.6) is 0 Å². The van der Waals surface area contributed by atoms with E-state index < -0.39 is 30.6 Å². The molecule has 7 heteroatoms. The lowest BCUT2D eigenvalue weighted by atomic mass is 10.0. The maximum Gasteiger partial charge on any atom is 0.408 e. The van der Waals surface area contributed by atoms with Gasteiger partial charge in [-0.25, -0.2) is 4.79 Å². The second-order valence-electron chi connectivity index (χ2n) is 2.94. The van der Waals surface area contributed by atoms with Crippen molar-refractivity contribution < 1.29 is 29.6 Å². The van der Waals surface area contributed by atoms with E-state index in [0.717, 1.165) is 7.11 Å². The third-order valence-electron chi connectivity index (χ3n) is 1.95. The molecule has 0 spiro atoms. The quantitative estimate of drug-likeness (QED) is 0.388. The molecule has 1 saturated heterocycles. The molecule has 1 aliphatic rings. The molecule has 1 aliphatic heterocycles. The van der Waals surface area contributed by atoms with Gasteiger partial charge in [0.15, 0.2) is 6.23 Å². The van der Waals surface area contributed by atoms with Crippen molar-refractivity contribution in [2.45, 2.75) is 24.5 Å². The molecule has 82 valence electrons. The lowest BCUT2D eigenvalue weighted by molar-refractivity contribution is -0.192. The van der Waals surface area contributed by atoms with Crippen LogP contribution in [0.2, 0.25) is 0 Å². The van der Waals surface area contributed by atoms with Gasteiger partial charge in [0.25, 0.3) is 0 Å². The van der Waals surface area contributed by atoms with Crippen LogP contribution in [-0.2, 0) is 9.47 Å². The minimum atomic E-state index is -1.38. The highest BCUT2D eigenvalue weighted by Crippen LogP contribution is 2.13. The number of nitrogens with one attached hydrogen (secondary N) is 1. The van der Waals surface area contributed by atoms with Gasteiger partial charge < -0.3 is 24.8 Å². The van der Waals surface area contributed by atoms with E-state index >= 15 is 0 Å². The van der Waals surface area contributed by atoms with Crippen LogP contribution in [0.3, 0.4) is 0 Å². The third kappa shape index (κ3) is 2.32. The fourth-order valence-electron chi connectivity index (χ4n) is 1.11. The van der Waals surface area contributed by atoms with Crippen molar-refractivity contribution in [1.82, 2.24) is 5.32 Å². The van der Waals surface area contributed by atoms with Gasteiger partial charge in [0.1, 0.15) is 18.3 Å². The van der Waals surface area contributed by atoms with Crippen molar-refractivity contribution in [2.75, 3.05) is 13.7 Å². The van der Waals surface area contributed by atoms with Crippen LogP contribution in [0.1, 0.15) is 0 Å². The Labute approximate surface area is 80.2 Å². The van der Waals surface area contributed by atoms with E-state index in [2.05, 4.69) is 10.1 Å². The van der Waals surface area contributed by atoms with Crippen LogP contribution in [0.25, 0.3) is 0 Å². The minimum Gasteiger partial charge on any atom is -0.453 e. The van der Waals surface area contributed by atoms with Crippen molar-refractivity contribution in [3.05, 3.63) is 0 Å². The highest BCUT2D eigenvalue weighted by Gasteiger charge is 2.38. The standard InChI is InChI=1S/C7H13NO6/c1-13-7(12)8-6-5(11)4(10)3(9)2-14-6/h3-6,9-11H,2H2,1H3,(H,8,12)/t3-,4-,5-,6+/m0/s1. The molecule has 7 nitrogen and oxygen atoms in total. The predicted molar refractivity (Wildman–Crippen MR) is 43.3 cm³/mol. The zero-order valence-electron chi connectivity index (χ0n) is 7.58. The second-order valence-corrected chi connectivity index (χ2v) is 2.94. The summed E-state index contributed by atoms with van der Waals surface area (Å²) in [6, 6.07) is 0. The number of aliphatic hydroxyl groups is 3. The largest absolute Gasteiger partial charge is 0.453 e. The molecule has 1 heterocycles. The normalized spacial score (nSPS) is 37.7. The summed E-state index contributed by atoms with van der Waals surface area (Å²) < 4.78 is 9.15. The fraction of sp³-hybridized carbons (Fsp3) is 0.857. The Bertz CT molecular complexity index is 210. The zero-order chi connectivity index (χ0) is 10.7. The average Bonchev–Trinajstić information content (AvgIpc) is 2.19. The summed E-state index contributed by atoms with van der Waals surface area (Å²) in [5.74, 6) is 0. The summed E-state index contributed by atoms with van der Waals surface area (Å²) >= 11 is 0. The summed E-state index contributed by atoms with van der Waals surface area (Å²) in [5, 5.41) is 29.8. The van der Waals surface area contributed by atoms with Crippen LogP contribution in [-0.4, -0.2) is 59.7 Å². The van der Waals surface area contributed by atoms with E-state index in [4.69, 9.17) is 9.84 Å². The Morgan fingerprint density at radius 1 is 1.43 bits per heavy atom. The lowest BCUT2D eigenvalue weighted by Gasteiger charge is -2.34. The predicted octanol–water partition coefficient (Wildman–Crippen LogP) is -2.22. The first-order valence-electron chi connectivity index (χ1n) is 4.06. The lowest BCUT2D eigenvalue weighted by Crippen LogP contribution is -2.58. The van der Waals surface area contributed by atoms with Gasteiger partial charge in [-0.1, -0.05) is 0 Å². The summed E-state index contributed by atoms with van der Waals surface area (Å²) in [5.41, 5.74) is 0. The van der Waals surface area contributed by atoms with E-state index in [9.17, 15) is 15.0 Å². The van der Waals surface area contributed by atoms with Crippen LogP contribution in [0, 0.1) is 0 Å². The molecular formula is C7H13NO6. The molecule has 0 saturated carbocycles. The van der Waals surface area contributed by atoms with Crippen LogP contribution in [0.4, 0.5) is 4.79 Å². The van der Waals surface area contributed by atoms with Crippen LogP contribution >= 0.6 is 0 Å². The molecule has 1 rings (SSSR count). The van der Waals surface area contributed by atoms with Gasteiger partial charge in [0.2, 0.25) is 0 Å². The zero-order valence-corrected chi connectivity index (χ0v) is 7.58.